The van der Waals surface area contributed by atoms with Crippen molar-refractivity contribution in [3.63, 3.8) is 0 Å². The molecule has 2 unspecified atom stereocenters. The van der Waals surface area contributed by atoms with Gasteiger partial charge in [-0.1, -0.05) is 235 Å². The number of hydrogen-bond acceptors (Lipinski definition) is 8. The van der Waals surface area contributed by atoms with E-state index in [9.17, 15) is 19.0 Å². The molecule has 0 saturated carbocycles. The topological polar surface area (TPSA) is 111 Å². The van der Waals surface area contributed by atoms with Crippen LogP contribution in [0.4, 0.5) is 0 Å². The first kappa shape index (κ1) is 75.4. The molecule has 0 aliphatic carbocycles. The molecule has 0 bridgehead atoms. The van der Waals surface area contributed by atoms with E-state index in [2.05, 4.69) is 184 Å². The van der Waals surface area contributed by atoms with Crippen LogP contribution in [0.3, 0.4) is 0 Å². The lowest BCUT2D eigenvalue weighted by molar-refractivity contribution is -0.870. The molecule has 0 radical (unpaired) electrons. The molecule has 0 aromatic rings. The van der Waals surface area contributed by atoms with Gasteiger partial charge in [0.1, 0.15) is 19.8 Å². The minimum Gasteiger partial charge on any atom is -0.756 e. The van der Waals surface area contributed by atoms with E-state index in [0.717, 1.165) is 135 Å². The highest BCUT2D eigenvalue weighted by Gasteiger charge is 2.21. The number of ether oxygens (including phenoxy) is 2. The van der Waals surface area contributed by atoms with Crippen molar-refractivity contribution in [3.8, 4) is 0 Å². The molecule has 0 saturated heterocycles. The van der Waals surface area contributed by atoms with E-state index >= 15 is 0 Å². The third kappa shape index (κ3) is 62.6. The summed E-state index contributed by atoms with van der Waals surface area (Å²) in [6.45, 7) is 3.94. The predicted molar refractivity (Wildman–Crippen MR) is 341 cm³/mol. The van der Waals surface area contributed by atoms with Gasteiger partial charge < -0.3 is 27.9 Å². The molecular formula is C70H112NO8P. The lowest BCUT2D eigenvalue weighted by Crippen LogP contribution is -2.37. The highest BCUT2D eigenvalue weighted by Crippen LogP contribution is 2.38. The Balaban J connectivity index is 4.29. The van der Waals surface area contributed by atoms with Gasteiger partial charge in [-0.15, -0.1) is 0 Å². The maximum absolute atomic E-state index is 12.8. The molecule has 0 aromatic carbocycles. The molecule has 0 fully saturated rings. The summed E-state index contributed by atoms with van der Waals surface area (Å²) in [5.41, 5.74) is 0. The van der Waals surface area contributed by atoms with Crippen LogP contribution >= 0.6 is 7.82 Å². The average molecular weight is 1130 g/mol. The third-order valence-corrected chi connectivity index (χ3v) is 13.2. The van der Waals surface area contributed by atoms with Crippen molar-refractivity contribution in [2.75, 3.05) is 47.5 Å². The predicted octanol–water partition coefficient (Wildman–Crippen LogP) is 19.2. The van der Waals surface area contributed by atoms with Crippen LogP contribution in [0.1, 0.15) is 206 Å². The van der Waals surface area contributed by atoms with Gasteiger partial charge in [-0.25, -0.2) is 0 Å². The number of hydrogen-bond donors (Lipinski definition) is 0. The zero-order valence-electron chi connectivity index (χ0n) is 50.9. The van der Waals surface area contributed by atoms with Gasteiger partial charge in [-0.05, 0) is 128 Å². The number of nitrogens with zero attached hydrogens (tertiary/aromatic N) is 1. The van der Waals surface area contributed by atoms with Crippen molar-refractivity contribution in [2.24, 2.45) is 0 Å². The molecule has 2 atom stereocenters. The Hall–Kier alpha value is -4.63. The fraction of sp³-hybridized carbons (Fsp3) is 0.571. The number of unbranched alkanes of at least 4 members (excludes halogenated alkanes) is 12. The average Bonchev–Trinajstić information content (AvgIpc) is 3.42. The van der Waals surface area contributed by atoms with Crippen molar-refractivity contribution in [1.82, 2.24) is 0 Å². The van der Waals surface area contributed by atoms with E-state index in [0.29, 0.717) is 23.9 Å². The summed E-state index contributed by atoms with van der Waals surface area (Å²) in [6, 6.07) is 0. The molecule has 10 heteroatoms. The van der Waals surface area contributed by atoms with E-state index in [-0.39, 0.29) is 26.1 Å². The van der Waals surface area contributed by atoms with Crippen LogP contribution in [-0.4, -0.2) is 70.0 Å². The molecule has 450 valence electrons. The lowest BCUT2D eigenvalue weighted by Gasteiger charge is -2.28. The largest absolute Gasteiger partial charge is 0.756 e. The molecule has 0 spiro atoms. The van der Waals surface area contributed by atoms with Crippen LogP contribution < -0.4 is 4.89 Å². The summed E-state index contributed by atoms with van der Waals surface area (Å²) in [7, 11) is 1.11. The van der Waals surface area contributed by atoms with Gasteiger partial charge >= 0.3 is 11.9 Å². The normalized spacial score (nSPS) is 14.4. The fourth-order valence-corrected chi connectivity index (χ4v) is 8.28. The number of allylic oxidation sites excluding steroid dienone is 28. The highest BCUT2D eigenvalue weighted by atomic mass is 31.2. The Labute approximate surface area is 489 Å². The molecule has 0 aliphatic rings. The van der Waals surface area contributed by atoms with Crippen molar-refractivity contribution in [1.29, 1.82) is 0 Å². The summed E-state index contributed by atoms with van der Waals surface area (Å²) in [4.78, 5) is 37.9. The van der Waals surface area contributed by atoms with Crippen molar-refractivity contribution in [2.45, 2.75) is 213 Å². The second kappa shape index (κ2) is 59.0. The second-order valence-corrected chi connectivity index (χ2v) is 22.4. The first-order chi connectivity index (χ1) is 39.0. The molecule has 0 rings (SSSR count). The van der Waals surface area contributed by atoms with Gasteiger partial charge in [0, 0.05) is 12.8 Å². The van der Waals surface area contributed by atoms with Gasteiger partial charge in [0.15, 0.2) is 6.10 Å². The first-order valence-electron chi connectivity index (χ1n) is 30.8. The van der Waals surface area contributed by atoms with Crippen LogP contribution in [0.25, 0.3) is 0 Å². The summed E-state index contributed by atoms with van der Waals surface area (Å²) in [6.07, 6.45) is 89.7. The summed E-state index contributed by atoms with van der Waals surface area (Å²) in [5.74, 6) is -0.894. The standard InChI is InChI=1S/C70H112NO8P/c1-6-8-10-12-14-16-18-20-22-24-26-28-30-32-33-34-35-36-37-39-41-43-45-47-49-51-53-55-57-59-61-63-70(73)79-68(67-78-80(74,75)77-65-64-71(3,4)5)66-76-69(72)62-60-58-56-54-52-50-48-46-44-42-40-38-31-29-27-25-23-21-19-17-15-13-11-9-7-2/h8-11,14-17,20-23,26-29,32-33,35-36,38-41,45,47,51,53,68H,6-7,12-13,18-19,24-25,30-31,34,37,42-44,46,48-50,52,54-67H2,1-5H3/b10-8-,11-9-,16-14-,17-15-,22-20-,23-21-,28-26-,29-27-,33-32-,36-35-,40-38-,41-39-,47-45-,53-51-. The van der Waals surface area contributed by atoms with Crippen LogP contribution in [0.5, 0.6) is 0 Å². The molecular weight excluding hydrogens is 1010 g/mol. The van der Waals surface area contributed by atoms with E-state index < -0.39 is 32.5 Å². The zero-order chi connectivity index (χ0) is 58.4. The van der Waals surface area contributed by atoms with Crippen LogP contribution in [-0.2, 0) is 32.7 Å². The highest BCUT2D eigenvalue weighted by molar-refractivity contribution is 7.45. The van der Waals surface area contributed by atoms with Crippen LogP contribution in [0, 0.1) is 0 Å². The number of quaternary nitrogens is 1. The third-order valence-electron chi connectivity index (χ3n) is 12.2. The maximum atomic E-state index is 12.8. The van der Waals surface area contributed by atoms with E-state index in [1.54, 1.807) is 0 Å². The SMILES string of the molecule is CC/C=C\C/C=C\C/C=C\C/C=C\C/C=C\C/C=C\C/C=C\C/C=C\C/C=C\CCCCCC(=O)OC(COC(=O)CCCCCCCCCCC/C=C\C/C=C\C/C=C\C/C=C\C/C=C\CC)COP(=O)([O-])OCC[N+](C)(C)C. The first-order valence-corrected chi connectivity index (χ1v) is 32.3. The molecule has 80 heavy (non-hydrogen) atoms. The summed E-state index contributed by atoms with van der Waals surface area (Å²) in [5, 5.41) is 0. The molecule has 0 amide bonds. The Morgan fingerprint density at radius 1 is 0.388 bits per heavy atom. The number of esters is 2. The van der Waals surface area contributed by atoms with Gasteiger partial charge in [0.05, 0.1) is 27.7 Å². The smallest absolute Gasteiger partial charge is 0.306 e. The van der Waals surface area contributed by atoms with Crippen molar-refractivity contribution >= 4 is 19.8 Å². The van der Waals surface area contributed by atoms with Crippen molar-refractivity contribution in [3.05, 3.63) is 170 Å². The van der Waals surface area contributed by atoms with Gasteiger partial charge in [-0.2, -0.15) is 0 Å². The number of phosphoric ester groups is 1. The Morgan fingerprint density at radius 3 is 1.01 bits per heavy atom. The number of carbonyl (C=O) groups excluding carboxylic acids is 2. The Morgan fingerprint density at radius 2 is 0.675 bits per heavy atom. The van der Waals surface area contributed by atoms with Crippen LogP contribution in [0.2, 0.25) is 0 Å². The Bertz CT molecular complexity index is 1950. The fourth-order valence-electron chi connectivity index (χ4n) is 7.56. The van der Waals surface area contributed by atoms with E-state index in [4.69, 9.17) is 18.5 Å². The maximum Gasteiger partial charge on any atom is 0.306 e. The van der Waals surface area contributed by atoms with Crippen LogP contribution in [0.15, 0.2) is 170 Å². The molecule has 0 N–H and O–H groups in total. The minimum atomic E-state index is -4.66. The molecule has 0 aromatic heterocycles. The minimum absolute atomic E-state index is 0.0491. The van der Waals surface area contributed by atoms with Gasteiger partial charge in [0.25, 0.3) is 7.82 Å². The molecule has 0 heterocycles. The van der Waals surface area contributed by atoms with E-state index in [1.165, 1.54) is 32.1 Å². The van der Waals surface area contributed by atoms with Gasteiger partial charge in [0.2, 0.25) is 0 Å². The monoisotopic (exact) mass is 1130 g/mol. The van der Waals surface area contributed by atoms with Gasteiger partial charge in [-0.3, -0.25) is 14.2 Å². The quantitative estimate of drug-likeness (QED) is 0.0195. The number of likely N-dealkylation sites (N-methyl/N-ethyl adjacent to an activating group) is 1. The Kier molecular flexibility index (Phi) is 55.6. The number of phosphoric acid groups is 1. The summed E-state index contributed by atoms with van der Waals surface area (Å²) < 4.78 is 34.2. The molecule has 9 nitrogen and oxygen atoms in total. The second-order valence-electron chi connectivity index (χ2n) is 20.9. The van der Waals surface area contributed by atoms with E-state index in [1.807, 2.05) is 21.1 Å². The van der Waals surface area contributed by atoms with Crippen molar-refractivity contribution < 1.29 is 42.1 Å². The zero-order valence-corrected chi connectivity index (χ0v) is 51.8. The molecule has 0 aliphatic heterocycles. The number of carbonyl (C=O) groups is 2. The summed E-state index contributed by atoms with van der Waals surface area (Å²) >= 11 is 0. The lowest BCUT2D eigenvalue weighted by atomic mass is 10.1. The number of rotatable bonds is 54.